The summed E-state index contributed by atoms with van der Waals surface area (Å²) in [6, 6.07) is 43.8. The summed E-state index contributed by atoms with van der Waals surface area (Å²) in [5.41, 5.74) is 27.7. The predicted molar refractivity (Wildman–Crippen MR) is 319 cm³/mol. The third kappa shape index (κ3) is 6.70. The molecule has 6 aromatic carbocycles. The van der Waals surface area contributed by atoms with Crippen LogP contribution in [-0.2, 0) is 45.3 Å². The maximum atomic E-state index is 2.85. The van der Waals surface area contributed by atoms with Gasteiger partial charge in [0.2, 0.25) is 0 Å². The second-order valence-corrected chi connectivity index (χ2v) is 31.0. The number of rotatable bonds is 4. The Balaban J connectivity index is 1.05. The van der Waals surface area contributed by atoms with Crippen LogP contribution in [0.25, 0.3) is 11.1 Å². The molecule has 17 rings (SSSR count). The van der Waals surface area contributed by atoms with Gasteiger partial charge in [-0.2, -0.15) is 0 Å². The second-order valence-electron chi connectivity index (χ2n) is 31.0. The van der Waals surface area contributed by atoms with Crippen molar-refractivity contribution >= 4 is 57.2 Å². The van der Waals surface area contributed by atoms with Crippen LogP contribution >= 0.6 is 0 Å². The van der Waals surface area contributed by atoms with Crippen molar-refractivity contribution in [2.45, 2.75) is 187 Å². The van der Waals surface area contributed by atoms with Crippen LogP contribution in [0.4, 0.5) is 34.1 Å². The normalized spacial score (nSPS) is 28.7. The van der Waals surface area contributed by atoms with Crippen molar-refractivity contribution in [1.29, 1.82) is 0 Å². The summed E-state index contributed by atoms with van der Waals surface area (Å²) in [7, 11) is 0. The number of hydrogen-bond acceptors (Lipinski definition) is 2. The van der Waals surface area contributed by atoms with Crippen LogP contribution in [0.2, 0.25) is 0 Å². The highest BCUT2D eigenvalue weighted by molar-refractivity contribution is 7.00. The molecule has 0 N–H and O–H groups in total. The van der Waals surface area contributed by atoms with E-state index in [1.807, 2.05) is 0 Å². The Kier molecular flexibility index (Phi) is 9.55. The van der Waals surface area contributed by atoms with E-state index in [1.165, 1.54) is 136 Å². The number of benzene rings is 6. The number of nitrogens with zero attached hydrogens (tertiary/aromatic N) is 2. The minimum absolute atomic E-state index is 0.00977. The number of anilines is 6. The molecule has 9 aliphatic carbocycles. The van der Waals surface area contributed by atoms with E-state index in [2.05, 4.69) is 203 Å². The fourth-order valence-electron chi connectivity index (χ4n) is 19.3. The summed E-state index contributed by atoms with van der Waals surface area (Å²) in [5.74, 6) is 6.62. The van der Waals surface area contributed by atoms with E-state index < -0.39 is 0 Å². The molecule has 0 unspecified atom stereocenters. The molecule has 2 aliphatic heterocycles. The van der Waals surface area contributed by atoms with Crippen LogP contribution in [0, 0.1) is 41.4 Å². The Morgan fingerprint density at radius 1 is 0.467 bits per heavy atom. The lowest BCUT2D eigenvalue weighted by Crippen LogP contribution is -2.66. The lowest BCUT2D eigenvalue weighted by molar-refractivity contribution is -0.212. The average molecular weight is 987 g/mol. The Labute approximate surface area is 451 Å². The fourth-order valence-corrected chi connectivity index (χ4v) is 19.3. The van der Waals surface area contributed by atoms with Gasteiger partial charge >= 0.3 is 0 Å². The molecule has 2 nitrogen and oxygen atoms in total. The lowest BCUT2D eigenvalue weighted by Gasteiger charge is -2.72. The molecule has 0 saturated heterocycles. The highest BCUT2D eigenvalue weighted by Crippen LogP contribution is 2.75. The quantitative estimate of drug-likeness (QED) is 0.162. The molecule has 7 fully saturated rings. The van der Waals surface area contributed by atoms with E-state index in [1.54, 1.807) is 27.8 Å². The molecule has 0 radical (unpaired) electrons. The monoisotopic (exact) mass is 987 g/mol. The van der Waals surface area contributed by atoms with Crippen molar-refractivity contribution in [3.63, 3.8) is 0 Å². The summed E-state index contributed by atoms with van der Waals surface area (Å²) >= 11 is 0. The Morgan fingerprint density at radius 3 is 1.61 bits per heavy atom. The van der Waals surface area contributed by atoms with E-state index in [9.17, 15) is 0 Å². The van der Waals surface area contributed by atoms with Crippen LogP contribution < -0.4 is 26.2 Å². The van der Waals surface area contributed by atoms with Crippen LogP contribution in [0.5, 0.6) is 0 Å². The molecule has 11 aliphatic rings. The summed E-state index contributed by atoms with van der Waals surface area (Å²) in [4.78, 5) is 5.66. The third-order valence-corrected chi connectivity index (χ3v) is 22.5. The molecular weight excluding hydrogens is 904 g/mol. The maximum absolute atomic E-state index is 2.85. The minimum atomic E-state index is -0.0176. The van der Waals surface area contributed by atoms with Crippen LogP contribution in [0.3, 0.4) is 0 Å². The van der Waals surface area contributed by atoms with Gasteiger partial charge in [-0.15, -0.1) is 0 Å². The van der Waals surface area contributed by atoms with Gasteiger partial charge in [0.1, 0.15) is 0 Å². The molecule has 0 aromatic heterocycles. The van der Waals surface area contributed by atoms with E-state index in [4.69, 9.17) is 0 Å². The van der Waals surface area contributed by atoms with Crippen molar-refractivity contribution in [2.24, 2.45) is 41.4 Å². The standard InChI is InChI=1S/C72H83BN2/c1-67(2,3)45-20-17-43(18-21-45)50-31-46(68(4,5)6)22-25-61(50)75-62-26-23-47(69(7,8)9)32-59(62)73-60-35-57-58(71(12,13)40-70(57,10)11)36-63(60)74(49-24-19-42-15-14-16-44(42)30-49)64-33-48(34-65(75)66(64)73)72-37-54-51-27-41-28-52(54)56(39-72)53(29-41)55(51)38-72/h17-26,30-36,41,51-56H,14-16,27-29,37-40H2,1-13H3. The van der Waals surface area contributed by atoms with Crippen molar-refractivity contribution in [2.75, 3.05) is 9.80 Å². The van der Waals surface area contributed by atoms with Gasteiger partial charge in [-0.05, 0) is 253 Å². The highest BCUT2D eigenvalue weighted by Gasteiger charge is 2.68. The van der Waals surface area contributed by atoms with Crippen LogP contribution in [0.15, 0.2) is 103 Å². The first-order valence-corrected chi connectivity index (χ1v) is 30.0. The Morgan fingerprint density at radius 2 is 1.00 bits per heavy atom. The summed E-state index contributed by atoms with van der Waals surface area (Å²) in [6.45, 7) is 31.6. The van der Waals surface area contributed by atoms with Gasteiger partial charge in [0.25, 0.3) is 6.71 Å². The van der Waals surface area contributed by atoms with Gasteiger partial charge < -0.3 is 9.80 Å². The molecule has 0 atom stereocenters. The molecule has 0 amide bonds. The van der Waals surface area contributed by atoms with E-state index in [0.29, 0.717) is 0 Å². The van der Waals surface area contributed by atoms with Crippen molar-refractivity contribution in [1.82, 2.24) is 0 Å². The summed E-state index contributed by atoms with van der Waals surface area (Å²) in [5, 5.41) is 0. The third-order valence-electron chi connectivity index (χ3n) is 22.5. The second kappa shape index (κ2) is 15.2. The first-order chi connectivity index (χ1) is 35.5. The van der Waals surface area contributed by atoms with Gasteiger partial charge in [-0.1, -0.05) is 145 Å². The fraction of sp³-hybridized carbons (Fsp3) is 0.500. The van der Waals surface area contributed by atoms with Crippen LogP contribution in [-0.4, -0.2) is 6.71 Å². The zero-order valence-corrected chi connectivity index (χ0v) is 47.9. The lowest BCUT2D eigenvalue weighted by atomic mass is 9.31. The van der Waals surface area contributed by atoms with Crippen LogP contribution in [0.1, 0.15) is 186 Å². The van der Waals surface area contributed by atoms with Gasteiger partial charge in [0.15, 0.2) is 0 Å². The first-order valence-electron chi connectivity index (χ1n) is 30.0. The van der Waals surface area contributed by atoms with Gasteiger partial charge in [0.05, 0.1) is 5.69 Å². The van der Waals surface area contributed by atoms with E-state index >= 15 is 0 Å². The van der Waals surface area contributed by atoms with Gasteiger partial charge in [0, 0.05) is 34.0 Å². The number of hydrogen-bond donors (Lipinski definition) is 0. The van der Waals surface area contributed by atoms with Crippen molar-refractivity contribution < 1.29 is 0 Å². The van der Waals surface area contributed by atoms with Gasteiger partial charge in [-0.25, -0.2) is 0 Å². The Bertz CT molecular complexity index is 3360. The topological polar surface area (TPSA) is 6.48 Å². The summed E-state index contributed by atoms with van der Waals surface area (Å²) < 4.78 is 0. The summed E-state index contributed by atoms with van der Waals surface area (Å²) in [6.07, 6.45) is 13.5. The van der Waals surface area contributed by atoms with E-state index in [0.717, 1.165) is 47.8 Å². The average Bonchev–Trinajstić information content (AvgIpc) is 3.91. The van der Waals surface area contributed by atoms with Crippen molar-refractivity contribution in [3.05, 3.63) is 148 Å². The zero-order valence-electron chi connectivity index (χ0n) is 47.9. The molecule has 6 aromatic rings. The smallest absolute Gasteiger partial charge is 0.252 e. The number of aryl methyl sites for hydroxylation is 2. The molecule has 3 heteroatoms. The maximum Gasteiger partial charge on any atom is 0.252 e. The molecule has 7 saturated carbocycles. The molecule has 75 heavy (non-hydrogen) atoms. The molecule has 2 heterocycles. The zero-order chi connectivity index (χ0) is 51.8. The molecule has 8 bridgehead atoms. The van der Waals surface area contributed by atoms with Crippen molar-refractivity contribution in [3.8, 4) is 11.1 Å². The predicted octanol–water partition coefficient (Wildman–Crippen LogP) is 16.7. The molecule has 384 valence electrons. The highest BCUT2D eigenvalue weighted by atomic mass is 15.2. The van der Waals surface area contributed by atoms with E-state index in [-0.39, 0.29) is 39.2 Å². The van der Waals surface area contributed by atoms with Gasteiger partial charge in [-0.3, -0.25) is 0 Å². The Hall–Kier alpha value is -5.02. The number of fused-ring (bicyclic) bond motifs is 6. The molecule has 0 spiro atoms. The minimum Gasteiger partial charge on any atom is -0.311 e. The molecular formula is C72H83BN2. The largest absolute Gasteiger partial charge is 0.311 e. The SMILES string of the molecule is CC(C)(C)c1ccc(-c2cc(C(C)(C)C)ccc2N2c3ccc(C(C)(C)C)cc3B3c4cc5c(cc4N(c4ccc6c(c4)CCC6)c4cc(C67CC8C9CC%10CC8C(C6)C(C%10)C9C7)cc2c43)C(C)(C)CC5(C)C)cc1. The first kappa shape index (κ1) is 47.2.